The lowest BCUT2D eigenvalue weighted by Crippen LogP contribution is -2.49. The van der Waals surface area contributed by atoms with Crippen LogP contribution in [0.4, 0.5) is 11.5 Å². The molecule has 1 amide bonds. The van der Waals surface area contributed by atoms with Gasteiger partial charge in [-0.3, -0.25) is 4.79 Å². The lowest BCUT2D eigenvalue weighted by atomic mass is 10.1. The summed E-state index contributed by atoms with van der Waals surface area (Å²) >= 11 is 1.71. The molecule has 8 heteroatoms. The number of hydrogen-bond donors (Lipinski definition) is 3. The third-order valence-corrected chi connectivity index (χ3v) is 6.46. The standard InChI is InChI=1S/C23H24N6OS/c30-21(13-25-17-5-1-4-16(12-17)20-7-3-11-31-20)28-18-6-2-10-29(14-18)23-19-8-9-24-22(19)26-15-27-23/h1,3-5,7-9,11-12,15,18,25H,2,6,10,13-14H2,(H,28,30)(H,24,26,27)/t18-/m1/s1. The Bertz CT molecular complexity index is 1170. The zero-order chi connectivity index (χ0) is 21.0. The molecule has 158 valence electrons. The molecule has 0 bridgehead atoms. The van der Waals surface area contributed by atoms with Crippen LogP contribution in [0.5, 0.6) is 0 Å². The number of nitrogens with one attached hydrogen (secondary N) is 3. The van der Waals surface area contributed by atoms with Gasteiger partial charge in [-0.15, -0.1) is 11.3 Å². The average Bonchev–Trinajstić information content (AvgIpc) is 3.50. The number of thiophene rings is 1. The highest BCUT2D eigenvalue weighted by Gasteiger charge is 2.23. The molecule has 4 aromatic rings. The van der Waals surface area contributed by atoms with E-state index in [1.165, 1.54) is 4.88 Å². The van der Waals surface area contributed by atoms with Crippen LogP contribution in [0.2, 0.25) is 0 Å². The third kappa shape index (κ3) is 4.39. The molecule has 1 atom stereocenters. The number of fused-ring (bicyclic) bond motifs is 1. The summed E-state index contributed by atoms with van der Waals surface area (Å²) in [5.74, 6) is 0.927. The molecule has 31 heavy (non-hydrogen) atoms. The number of rotatable bonds is 6. The van der Waals surface area contributed by atoms with Gasteiger partial charge in [0.05, 0.1) is 11.9 Å². The minimum absolute atomic E-state index is 0.00264. The number of H-pyrrole nitrogens is 1. The van der Waals surface area contributed by atoms with Gasteiger partial charge in [0, 0.05) is 35.9 Å². The summed E-state index contributed by atoms with van der Waals surface area (Å²) in [6.45, 7) is 1.92. The first-order valence-electron chi connectivity index (χ1n) is 10.5. The minimum atomic E-state index is 0.00264. The van der Waals surface area contributed by atoms with Crippen molar-refractivity contribution in [1.29, 1.82) is 0 Å². The Balaban J connectivity index is 1.18. The molecule has 1 saturated heterocycles. The van der Waals surface area contributed by atoms with Gasteiger partial charge < -0.3 is 20.5 Å². The number of carbonyl (C=O) groups excluding carboxylic acids is 1. The second kappa shape index (κ2) is 8.77. The first kappa shape index (κ1) is 19.6. The van der Waals surface area contributed by atoms with Crippen LogP contribution in [0, 0.1) is 0 Å². The van der Waals surface area contributed by atoms with E-state index in [0.717, 1.165) is 54.0 Å². The van der Waals surface area contributed by atoms with E-state index in [0.29, 0.717) is 0 Å². The number of amides is 1. The van der Waals surface area contributed by atoms with Crippen molar-refractivity contribution in [2.24, 2.45) is 0 Å². The minimum Gasteiger partial charge on any atom is -0.376 e. The maximum absolute atomic E-state index is 12.6. The summed E-state index contributed by atoms with van der Waals surface area (Å²) in [6, 6.07) is 14.4. The maximum Gasteiger partial charge on any atom is 0.239 e. The number of piperidine rings is 1. The van der Waals surface area contributed by atoms with Crippen LogP contribution in [0.3, 0.4) is 0 Å². The zero-order valence-electron chi connectivity index (χ0n) is 17.0. The predicted molar refractivity (Wildman–Crippen MR) is 126 cm³/mol. The van der Waals surface area contributed by atoms with E-state index in [1.54, 1.807) is 17.7 Å². The van der Waals surface area contributed by atoms with Crippen molar-refractivity contribution < 1.29 is 4.79 Å². The van der Waals surface area contributed by atoms with Crippen LogP contribution >= 0.6 is 11.3 Å². The van der Waals surface area contributed by atoms with Crippen LogP contribution in [0.25, 0.3) is 21.5 Å². The number of carbonyl (C=O) groups is 1. The lowest BCUT2D eigenvalue weighted by Gasteiger charge is -2.34. The van der Waals surface area contributed by atoms with Crippen molar-refractivity contribution in [1.82, 2.24) is 20.3 Å². The maximum atomic E-state index is 12.6. The van der Waals surface area contributed by atoms with Gasteiger partial charge >= 0.3 is 0 Å². The highest BCUT2D eigenvalue weighted by molar-refractivity contribution is 7.13. The average molecular weight is 433 g/mol. The summed E-state index contributed by atoms with van der Waals surface area (Å²) in [5.41, 5.74) is 2.94. The van der Waals surface area contributed by atoms with Crippen molar-refractivity contribution in [2.45, 2.75) is 18.9 Å². The van der Waals surface area contributed by atoms with Gasteiger partial charge in [0.2, 0.25) is 5.91 Å². The molecule has 1 aliphatic rings. The molecule has 0 saturated carbocycles. The monoisotopic (exact) mass is 432 g/mol. The van der Waals surface area contributed by atoms with Crippen LogP contribution in [0.15, 0.2) is 60.4 Å². The topological polar surface area (TPSA) is 85.9 Å². The second-order valence-electron chi connectivity index (χ2n) is 7.70. The highest BCUT2D eigenvalue weighted by atomic mass is 32.1. The van der Waals surface area contributed by atoms with Crippen LogP contribution in [0.1, 0.15) is 12.8 Å². The Kier molecular flexibility index (Phi) is 5.54. The molecule has 3 aromatic heterocycles. The molecule has 1 aromatic carbocycles. The van der Waals surface area contributed by atoms with Crippen molar-refractivity contribution >= 4 is 39.8 Å². The van der Waals surface area contributed by atoms with Gasteiger partial charge in [0.15, 0.2) is 0 Å². The number of nitrogens with zero attached hydrogens (tertiary/aromatic N) is 3. The Morgan fingerprint density at radius 1 is 1.23 bits per heavy atom. The van der Waals surface area contributed by atoms with E-state index in [-0.39, 0.29) is 18.5 Å². The Morgan fingerprint density at radius 3 is 3.10 bits per heavy atom. The number of anilines is 2. The number of hydrogen-bond acceptors (Lipinski definition) is 6. The number of aromatic nitrogens is 3. The molecule has 1 aliphatic heterocycles. The molecule has 0 unspecified atom stereocenters. The molecule has 1 fully saturated rings. The fraction of sp³-hybridized carbons (Fsp3) is 0.261. The van der Waals surface area contributed by atoms with Gasteiger partial charge in [-0.25, -0.2) is 9.97 Å². The molecule has 0 aliphatic carbocycles. The predicted octanol–water partition coefficient (Wildman–Crippen LogP) is 3.88. The Labute approximate surface area is 184 Å². The molecule has 4 heterocycles. The quantitative estimate of drug-likeness (QED) is 0.430. The van der Waals surface area contributed by atoms with Gasteiger partial charge in [0.25, 0.3) is 0 Å². The van der Waals surface area contributed by atoms with Gasteiger partial charge in [-0.1, -0.05) is 18.2 Å². The van der Waals surface area contributed by atoms with E-state index in [2.05, 4.69) is 54.1 Å². The molecule has 3 N–H and O–H groups in total. The summed E-state index contributed by atoms with van der Waals surface area (Å²) < 4.78 is 0. The number of benzene rings is 1. The Morgan fingerprint density at radius 2 is 2.19 bits per heavy atom. The molecular formula is C23H24N6OS. The summed E-state index contributed by atoms with van der Waals surface area (Å²) in [4.78, 5) is 27.9. The highest BCUT2D eigenvalue weighted by Crippen LogP contribution is 2.27. The third-order valence-electron chi connectivity index (χ3n) is 5.54. The van der Waals surface area contributed by atoms with E-state index in [9.17, 15) is 4.79 Å². The smallest absolute Gasteiger partial charge is 0.239 e. The number of aromatic amines is 1. The Hall–Kier alpha value is -3.39. The van der Waals surface area contributed by atoms with Crippen LogP contribution < -0.4 is 15.5 Å². The van der Waals surface area contributed by atoms with Gasteiger partial charge in [-0.05, 0) is 48.1 Å². The second-order valence-corrected chi connectivity index (χ2v) is 8.65. The fourth-order valence-electron chi connectivity index (χ4n) is 4.08. The summed E-state index contributed by atoms with van der Waals surface area (Å²) in [6.07, 6.45) is 5.45. The summed E-state index contributed by atoms with van der Waals surface area (Å²) in [5, 5.41) is 9.52. The zero-order valence-corrected chi connectivity index (χ0v) is 17.9. The van der Waals surface area contributed by atoms with Crippen molar-refractivity contribution in [3.63, 3.8) is 0 Å². The first-order chi connectivity index (χ1) is 15.3. The first-order valence-corrected chi connectivity index (χ1v) is 11.3. The van der Waals surface area contributed by atoms with Crippen molar-refractivity contribution in [3.05, 3.63) is 60.4 Å². The van der Waals surface area contributed by atoms with E-state index >= 15 is 0 Å². The normalized spacial score (nSPS) is 16.4. The van der Waals surface area contributed by atoms with Gasteiger partial charge in [-0.2, -0.15) is 0 Å². The lowest BCUT2D eigenvalue weighted by molar-refractivity contribution is -0.120. The van der Waals surface area contributed by atoms with Crippen LogP contribution in [-0.4, -0.2) is 46.5 Å². The molecule has 0 radical (unpaired) electrons. The van der Waals surface area contributed by atoms with Crippen molar-refractivity contribution in [2.75, 3.05) is 29.9 Å². The molecule has 0 spiro atoms. The van der Waals surface area contributed by atoms with Crippen LogP contribution in [-0.2, 0) is 4.79 Å². The van der Waals surface area contributed by atoms with E-state index < -0.39 is 0 Å². The van der Waals surface area contributed by atoms with E-state index in [4.69, 9.17) is 0 Å². The largest absolute Gasteiger partial charge is 0.376 e. The fourth-order valence-corrected chi connectivity index (χ4v) is 4.81. The molecular weight excluding hydrogens is 408 g/mol. The summed E-state index contributed by atoms with van der Waals surface area (Å²) in [7, 11) is 0. The van der Waals surface area contributed by atoms with E-state index in [1.807, 2.05) is 30.5 Å². The van der Waals surface area contributed by atoms with Gasteiger partial charge in [0.1, 0.15) is 17.8 Å². The molecule has 5 rings (SSSR count). The van der Waals surface area contributed by atoms with Crippen molar-refractivity contribution in [3.8, 4) is 10.4 Å². The SMILES string of the molecule is O=C(CNc1cccc(-c2cccs2)c1)N[C@@H]1CCCN(c2ncnc3[nH]ccc23)C1. The molecule has 7 nitrogen and oxygen atoms in total.